The van der Waals surface area contributed by atoms with Gasteiger partial charge in [-0.25, -0.2) is 4.99 Å². The summed E-state index contributed by atoms with van der Waals surface area (Å²) in [6.45, 7) is 3.24. The van der Waals surface area contributed by atoms with Crippen molar-refractivity contribution in [2.45, 2.75) is 26.1 Å². The fourth-order valence-corrected chi connectivity index (χ4v) is 3.38. The number of benzene rings is 2. The second-order valence-corrected chi connectivity index (χ2v) is 7.53. The lowest BCUT2D eigenvalue weighted by atomic mass is 10.1. The van der Waals surface area contributed by atoms with E-state index >= 15 is 0 Å². The maximum Gasteiger partial charge on any atom is 0.401 e. The number of alkyl halides is 3. The Balaban J connectivity index is 0.00000320. The lowest BCUT2D eigenvalue weighted by Crippen LogP contribution is -2.37. The summed E-state index contributed by atoms with van der Waals surface area (Å²) in [5.74, 6) is 0.797. The van der Waals surface area contributed by atoms with Gasteiger partial charge in [0.15, 0.2) is 5.96 Å². The molecule has 3 rings (SSSR count). The van der Waals surface area contributed by atoms with E-state index in [2.05, 4.69) is 27.8 Å². The zero-order chi connectivity index (χ0) is 20.7. The average molecular weight is 532 g/mol. The highest BCUT2D eigenvalue weighted by Crippen LogP contribution is 2.22. The van der Waals surface area contributed by atoms with Crippen LogP contribution in [0.3, 0.4) is 0 Å². The van der Waals surface area contributed by atoms with Crippen LogP contribution >= 0.6 is 24.0 Å². The highest BCUT2D eigenvalue weighted by atomic mass is 127. The number of hydrogen-bond acceptors (Lipinski definition) is 2. The number of aryl methyl sites for hydroxylation is 1. The number of nitrogens with zero attached hydrogens (tertiary/aromatic N) is 2. The Bertz CT molecular complexity index is 794. The third-order valence-corrected chi connectivity index (χ3v) is 4.91. The molecule has 0 aromatic heterocycles. The number of para-hydroxylation sites is 1. The van der Waals surface area contributed by atoms with Crippen LogP contribution in [0.2, 0.25) is 0 Å². The lowest BCUT2D eigenvalue weighted by molar-refractivity contribution is -0.143. The van der Waals surface area contributed by atoms with Gasteiger partial charge >= 0.3 is 6.18 Å². The standard InChI is InChI=1S/C22H27F3N4.HI/c1-17-7-9-18(10-8-17)13-26-21(28-20-5-3-2-4-6-20)27-14-19-11-12-29(15-19)16-22(23,24)25;/h2-10,19H,11-16H2,1H3,(H2,26,27,28);1H. The number of guanidine groups is 1. The molecule has 2 N–H and O–H groups in total. The summed E-state index contributed by atoms with van der Waals surface area (Å²) in [7, 11) is 0. The minimum absolute atomic E-state index is 0. The smallest absolute Gasteiger partial charge is 0.356 e. The molecule has 1 saturated heterocycles. The first-order chi connectivity index (χ1) is 13.9. The van der Waals surface area contributed by atoms with Crippen molar-refractivity contribution < 1.29 is 13.2 Å². The zero-order valence-corrected chi connectivity index (χ0v) is 19.3. The number of hydrogen-bond donors (Lipinski definition) is 2. The average Bonchev–Trinajstić information content (AvgIpc) is 3.11. The minimum Gasteiger partial charge on any atom is -0.356 e. The predicted molar refractivity (Wildman–Crippen MR) is 126 cm³/mol. The third kappa shape index (κ3) is 8.51. The zero-order valence-electron chi connectivity index (χ0n) is 17.0. The summed E-state index contributed by atoms with van der Waals surface area (Å²) < 4.78 is 37.8. The van der Waals surface area contributed by atoms with E-state index in [0.29, 0.717) is 32.1 Å². The van der Waals surface area contributed by atoms with Gasteiger partial charge in [0.2, 0.25) is 0 Å². The van der Waals surface area contributed by atoms with Gasteiger partial charge < -0.3 is 10.6 Å². The van der Waals surface area contributed by atoms with Gasteiger partial charge in [-0.15, -0.1) is 24.0 Å². The Morgan fingerprint density at radius 2 is 1.80 bits per heavy atom. The molecule has 8 heteroatoms. The van der Waals surface area contributed by atoms with Crippen molar-refractivity contribution in [1.29, 1.82) is 0 Å². The fourth-order valence-electron chi connectivity index (χ4n) is 3.38. The maximum absolute atomic E-state index is 12.6. The number of nitrogens with one attached hydrogen (secondary N) is 2. The highest BCUT2D eigenvalue weighted by molar-refractivity contribution is 14.0. The molecule has 0 aliphatic carbocycles. The number of aliphatic imine (C=N–C) groups is 1. The normalized spacial score (nSPS) is 17.5. The Kier molecular flexibility index (Phi) is 9.41. The Hall–Kier alpha value is -1.81. The van der Waals surface area contributed by atoms with Gasteiger partial charge in [-0.1, -0.05) is 48.0 Å². The fraction of sp³-hybridized carbons (Fsp3) is 0.409. The Morgan fingerprint density at radius 1 is 1.10 bits per heavy atom. The molecule has 0 saturated carbocycles. The van der Waals surface area contributed by atoms with Crippen LogP contribution in [0, 0.1) is 12.8 Å². The second kappa shape index (κ2) is 11.5. The van der Waals surface area contributed by atoms with E-state index in [1.165, 1.54) is 10.5 Å². The molecule has 30 heavy (non-hydrogen) atoms. The van der Waals surface area contributed by atoms with E-state index < -0.39 is 12.7 Å². The molecule has 0 spiro atoms. The van der Waals surface area contributed by atoms with Crippen LogP contribution in [-0.4, -0.2) is 43.2 Å². The van der Waals surface area contributed by atoms with Crippen molar-refractivity contribution in [2.24, 2.45) is 10.9 Å². The highest BCUT2D eigenvalue weighted by Gasteiger charge is 2.34. The quantitative estimate of drug-likeness (QED) is 0.311. The van der Waals surface area contributed by atoms with Crippen molar-refractivity contribution in [3.63, 3.8) is 0 Å². The van der Waals surface area contributed by atoms with E-state index in [1.807, 2.05) is 49.4 Å². The summed E-state index contributed by atoms with van der Waals surface area (Å²) in [4.78, 5) is 6.13. The molecule has 1 aliphatic heterocycles. The van der Waals surface area contributed by atoms with Crippen molar-refractivity contribution in [3.05, 3.63) is 65.7 Å². The van der Waals surface area contributed by atoms with E-state index in [9.17, 15) is 13.2 Å². The number of rotatable bonds is 6. The largest absolute Gasteiger partial charge is 0.401 e. The van der Waals surface area contributed by atoms with Crippen molar-refractivity contribution >= 4 is 35.6 Å². The summed E-state index contributed by atoms with van der Waals surface area (Å²) in [6, 6.07) is 17.9. The van der Waals surface area contributed by atoms with Crippen LogP contribution in [0.15, 0.2) is 59.6 Å². The first kappa shape index (κ1) is 24.5. The molecule has 1 aliphatic rings. The second-order valence-electron chi connectivity index (χ2n) is 7.53. The van der Waals surface area contributed by atoms with Crippen molar-refractivity contribution in [2.75, 3.05) is 31.5 Å². The molecule has 1 atom stereocenters. The Morgan fingerprint density at radius 3 is 2.47 bits per heavy atom. The molecule has 1 unspecified atom stereocenters. The van der Waals surface area contributed by atoms with Crippen LogP contribution in [-0.2, 0) is 6.54 Å². The molecule has 0 radical (unpaired) electrons. The summed E-state index contributed by atoms with van der Waals surface area (Å²) in [5, 5.41) is 6.59. The lowest BCUT2D eigenvalue weighted by Gasteiger charge is -2.19. The monoisotopic (exact) mass is 532 g/mol. The third-order valence-electron chi connectivity index (χ3n) is 4.91. The van der Waals surface area contributed by atoms with Crippen molar-refractivity contribution in [1.82, 2.24) is 10.2 Å². The maximum atomic E-state index is 12.6. The van der Waals surface area contributed by atoms with Crippen LogP contribution in [0.5, 0.6) is 0 Å². The molecular weight excluding hydrogens is 504 g/mol. The van der Waals surface area contributed by atoms with E-state index in [4.69, 9.17) is 0 Å². The van der Waals surface area contributed by atoms with Crippen LogP contribution in [0.1, 0.15) is 17.5 Å². The molecule has 1 heterocycles. The summed E-state index contributed by atoms with van der Waals surface area (Å²) >= 11 is 0. The molecule has 2 aromatic rings. The summed E-state index contributed by atoms with van der Waals surface area (Å²) in [6.07, 6.45) is -3.39. The molecule has 2 aromatic carbocycles. The number of anilines is 1. The summed E-state index contributed by atoms with van der Waals surface area (Å²) in [5.41, 5.74) is 3.21. The van der Waals surface area contributed by atoms with Gasteiger partial charge in [0.25, 0.3) is 0 Å². The van der Waals surface area contributed by atoms with Gasteiger partial charge in [-0.2, -0.15) is 13.2 Å². The van der Waals surface area contributed by atoms with E-state index in [1.54, 1.807) is 0 Å². The van der Waals surface area contributed by atoms with Crippen LogP contribution < -0.4 is 10.6 Å². The SMILES string of the molecule is Cc1ccc(CN=C(NCC2CCN(CC(F)(F)F)C2)Nc2ccccc2)cc1.I. The molecule has 1 fully saturated rings. The minimum atomic E-state index is -4.14. The number of halogens is 4. The number of likely N-dealkylation sites (tertiary alicyclic amines) is 1. The van der Waals surface area contributed by atoms with Gasteiger partial charge in [0.1, 0.15) is 0 Å². The molecule has 4 nitrogen and oxygen atoms in total. The molecule has 0 amide bonds. The topological polar surface area (TPSA) is 39.7 Å². The van der Waals surface area contributed by atoms with E-state index in [-0.39, 0.29) is 29.9 Å². The molecule has 164 valence electrons. The van der Waals surface area contributed by atoms with Gasteiger partial charge in [-0.3, -0.25) is 4.90 Å². The molecular formula is C22H28F3IN4. The molecule has 0 bridgehead atoms. The van der Waals surface area contributed by atoms with Crippen molar-refractivity contribution in [3.8, 4) is 0 Å². The van der Waals surface area contributed by atoms with Crippen LogP contribution in [0.25, 0.3) is 0 Å². The first-order valence-corrected chi connectivity index (χ1v) is 9.82. The Labute approximate surface area is 193 Å². The van der Waals surface area contributed by atoms with E-state index in [0.717, 1.165) is 17.7 Å². The first-order valence-electron chi connectivity index (χ1n) is 9.82. The van der Waals surface area contributed by atoms with Gasteiger partial charge in [0, 0.05) is 18.8 Å². The van der Waals surface area contributed by atoms with Crippen LogP contribution in [0.4, 0.5) is 18.9 Å². The van der Waals surface area contributed by atoms with Gasteiger partial charge in [-0.05, 0) is 43.5 Å². The van der Waals surface area contributed by atoms with Gasteiger partial charge in [0.05, 0.1) is 13.1 Å². The predicted octanol–water partition coefficient (Wildman–Crippen LogP) is 5.05.